The van der Waals surface area contributed by atoms with Crippen LogP contribution in [0.4, 0.5) is 0 Å². The van der Waals surface area contributed by atoms with Gasteiger partial charge in [-0.1, -0.05) is 13.0 Å². The SMILES string of the molecule is CCc1nc2ccc(CC3CNCCO3)cc2[nH]1. The lowest BCUT2D eigenvalue weighted by atomic mass is 10.1. The number of fused-ring (bicyclic) bond motifs is 1. The summed E-state index contributed by atoms with van der Waals surface area (Å²) in [6.45, 7) is 4.84. The topological polar surface area (TPSA) is 49.9 Å². The lowest BCUT2D eigenvalue weighted by molar-refractivity contribution is 0.0292. The molecule has 1 fully saturated rings. The molecule has 18 heavy (non-hydrogen) atoms. The zero-order chi connectivity index (χ0) is 12.4. The van der Waals surface area contributed by atoms with Crippen molar-refractivity contribution in [3.63, 3.8) is 0 Å². The van der Waals surface area contributed by atoms with Crippen molar-refractivity contribution in [1.29, 1.82) is 0 Å². The molecule has 1 aromatic carbocycles. The molecule has 1 unspecified atom stereocenters. The molecule has 0 saturated carbocycles. The number of H-pyrrole nitrogens is 1. The summed E-state index contributed by atoms with van der Waals surface area (Å²) < 4.78 is 5.73. The molecule has 1 aliphatic heterocycles. The van der Waals surface area contributed by atoms with E-state index in [1.165, 1.54) is 5.56 Å². The summed E-state index contributed by atoms with van der Waals surface area (Å²) in [6, 6.07) is 6.44. The fraction of sp³-hybridized carbons (Fsp3) is 0.500. The Labute approximate surface area is 107 Å². The van der Waals surface area contributed by atoms with Gasteiger partial charge in [0.25, 0.3) is 0 Å². The van der Waals surface area contributed by atoms with Gasteiger partial charge in [0.2, 0.25) is 0 Å². The Balaban J connectivity index is 1.79. The molecule has 2 N–H and O–H groups in total. The van der Waals surface area contributed by atoms with Gasteiger partial charge in [-0.25, -0.2) is 4.98 Å². The predicted molar refractivity (Wildman–Crippen MR) is 71.8 cm³/mol. The van der Waals surface area contributed by atoms with Crippen molar-refractivity contribution in [3.8, 4) is 0 Å². The number of rotatable bonds is 3. The minimum Gasteiger partial charge on any atom is -0.375 e. The standard InChI is InChI=1S/C14H19N3O/c1-2-14-16-12-4-3-10(8-13(12)17-14)7-11-9-15-5-6-18-11/h3-4,8,11,15H,2,5-7,9H2,1H3,(H,16,17). The van der Waals surface area contributed by atoms with Crippen molar-refractivity contribution < 1.29 is 4.74 Å². The Morgan fingerprint density at radius 3 is 3.17 bits per heavy atom. The van der Waals surface area contributed by atoms with Crippen LogP contribution in [-0.4, -0.2) is 35.8 Å². The monoisotopic (exact) mass is 245 g/mol. The summed E-state index contributed by atoms with van der Waals surface area (Å²) in [4.78, 5) is 7.88. The van der Waals surface area contributed by atoms with Crippen LogP contribution in [-0.2, 0) is 17.6 Å². The zero-order valence-corrected chi connectivity index (χ0v) is 10.7. The molecule has 4 heteroatoms. The van der Waals surface area contributed by atoms with E-state index in [-0.39, 0.29) is 0 Å². The molecule has 2 aromatic rings. The number of nitrogens with one attached hydrogen (secondary N) is 2. The van der Waals surface area contributed by atoms with Crippen LogP contribution in [0.25, 0.3) is 11.0 Å². The minimum atomic E-state index is 0.296. The van der Waals surface area contributed by atoms with Gasteiger partial charge in [-0.2, -0.15) is 0 Å². The molecule has 4 nitrogen and oxygen atoms in total. The highest BCUT2D eigenvalue weighted by atomic mass is 16.5. The minimum absolute atomic E-state index is 0.296. The first-order valence-electron chi connectivity index (χ1n) is 6.65. The molecule has 1 aliphatic rings. The third kappa shape index (κ3) is 2.40. The van der Waals surface area contributed by atoms with Crippen molar-refractivity contribution in [1.82, 2.24) is 15.3 Å². The molecule has 0 amide bonds. The molecule has 0 bridgehead atoms. The normalized spacial score (nSPS) is 20.4. The maximum absolute atomic E-state index is 5.73. The Morgan fingerprint density at radius 2 is 2.39 bits per heavy atom. The molecule has 1 atom stereocenters. The highest BCUT2D eigenvalue weighted by Gasteiger charge is 2.14. The molecule has 3 rings (SSSR count). The highest BCUT2D eigenvalue weighted by molar-refractivity contribution is 5.75. The third-order valence-corrected chi connectivity index (χ3v) is 3.40. The predicted octanol–water partition coefficient (Wildman–Crippen LogP) is 1.66. The van der Waals surface area contributed by atoms with Gasteiger partial charge in [0.1, 0.15) is 5.82 Å². The van der Waals surface area contributed by atoms with Gasteiger partial charge in [0.15, 0.2) is 0 Å². The average molecular weight is 245 g/mol. The lowest BCUT2D eigenvalue weighted by Gasteiger charge is -2.23. The number of hydrogen-bond acceptors (Lipinski definition) is 3. The summed E-state index contributed by atoms with van der Waals surface area (Å²) >= 11 is 0. The second-order valence-electron chi connectivity index (χ2n) is 4.79. The van der Waals surface area contributed by atoms with E-state index in [4.69, 9.17) is 4.74 Å². The number of aryl methyl sites for hydroxylation is 1. The van der Waals surface area contributed by atoms with Crippen LogP contribution in [0.5, 0.6) is 0 Å². The first-order chi connectivity index (χ1) is 8.85. The number of aromatic nitrogens is 2. The van der Waals surface area contributed by atoms with E-state index in [1.54, 1.807) is 0 Å². The van der Waals surface area contributed by atoms with E-state index in [9.17, 15) is 0 Å². The fourth-order valence-electron chi connectivity index (χ4n) is 2.42. The Bertz CT molecular complexity index is 529. The van der Waals surface area contributed by atoms with Crippen molar-refractivity contribution in [2.45, 2.75) is 25.9 Å². The molecule has 0 radical (unpaired) electrons. The van der Waals surface area contributed by atoms with Crippen LogP contribution < -0.4 is 5.32 Å². The van der Waals surface area contributed by atoms with Gasteiger partial charge in [0.05, 0.1) is 23.7 Å². The van der Waals surface area contributed by atoms with E-state index in [0.29, 0.717) is 6.10 Å². The lowest BCUT2D eigenvalue weighted by Crippen LogP contribution is -2.39. The van der Waals surface area contributed by atoms with Crippen LogP contribution in [0.2, 0.25) is 0 Å². The van der Waals surface area contributed by atoms with Gasteiger partial charge in [-0.15, -0.1) is 0 Å². The van der Waals surface area contributed by atoms with Gasteiger partial charge in [-0.3, -0.25) is 0 Å². The van der Waals surface area contributed by atoms with E-state index < -0.39 is 0 Å². The van der Waals surface area contributed by atoms with E-state index in [1.807, 2.05) is 0 Å². The van der Waals surface area contributed by atoms with Crippen LogP contribution >= 0.6 is 0 Å². The number of aromatic amines is 1. The molecule has 0 spiro atoms. The number of hydrogen-bond donors (Lipinski definition) is 2. The second kappa shape index (κ2) is 5.08. The van der Waals surface area contributed by atoms with E-state index in [2.05, 4.69) is 40.4 Å². The Morgan fingerprint density at radius 1 is 1.44 bits per heavy atom. The van der Waals surface area contributed by atoms with Gasteiger partial charge in [0, 0.05) is 19.5 Å². The van der Waals surface area contributed by atoms with Crippen LogP contribution in [0.1, 0.15) is 18.3 Å². The molecule has 1 saturated heterocycles. The average Bonchev–Trinajstić information content (AvgIpc) is 2.82. The molecule has 1 aromatic heterocycles. The quantitative estimate of drug-likeness (QED) is 0.864. The van der Waals surface area contributed by atoms with Crippen LogP contribution in [0.15, 0.2) is 18.2 Å². The van der Waals surface area contributed by atoms with Gasteiger partial charge < -0.3 is 15.0 Å². The Hall–Kier alpha value is -1.39. The number of imidazole rings is 1. The van der Waals surface area contributed by atoms with Crippen molar-refractivity contribution in [3.05, 3.63) is 29.6 Å². The number of nitrogens with zero attached hydrogens (tertiary/aromatic N) is 1. The summed E-state index contributed by atoms with van der Waals surface area (Å²) in [7, 11) is 0. The van der Waals surface area contributed by atoms with Crippen LogP contribution in [0.3, 0.4) is 0 Å². The molecular formula is C14H19N3O. The maximum Gasteiger partial charge on any atom is 0.106 e. The van der Waals surface area contributed by atoms with Gasteiger partial charge >= 0.3 is 0 Å². The highest BCUT2D eigenvalue weighted by Crippen LogP contribution is 2.16. The maximum atomic E-state index is 5.73. The first-order valence-corrected chi connectivity index (χ1v) is 6.65. The van der Waals surface area contributed by atoms with Crippen molar-refractivity contribution in [2.75, 3.05) is 19.7 Å². The summed E-state index contributed by atoms with van der Waals surface area (Å²) in [6.07, 6.45) is 2.20. The van der Waals surface area contributed by atoms with E-state index >= 15 is 0 Å². The third-order valence-electron chi connectivity index (χ3n) is 3.40. The van der Waals surface area contributed by atoms with Crippen molar-refractivity contribution >= 4 is 11.0 Å². The summed E-state index contributed by atoms with van der Waals surface area (Å²) in [5.41, 5.74) is 3.49. The van der Waals surface area contributed by atoms with E-state index in [0.717, 1.165) is 49.4 Å². The number of benzene rings is 1. The zero-order valence-electron chi connectivity index (χ0n) is 10.7. The summed E-state index contributed by atoms with van der Waals surface area (Å²) in [5.74, 6) is 1.05. The fourth-order valence-corrected chi connectivity index (χ4v) is 2.42. The smallest absolute Gasteiger partial charge is 0.106 e. The van der Waals surface area contributed by atoms with Crippen molar-refractivity contribution in [2.24, 2.45) is 0 Å². The van der Waals surface area contributed by atoms with Crippen LogP contribution in [0, 0.1) is 0 Å². The molecule has 2 heterocycles. The first kappa shape index (κ1) is 11.7. The molecule has 96 valence electrons. The molecular weight excluding hydrogens is 226 g/mol. The van der Waals surface area contributed by atoms with Gasteiger partial charge in [-0.05, 0) is 24.1 Å². The largest absolute Gasteiger partial charge is 0.375 e. The molecule has 0 aliphatic carbocycles. The number of morpholine rings is 1. The summed E-state index contributed by atoms with van der Waals surface area (Å²) in [5, 5.41) is 3.36. The second-order valence-corrected chi connectivity index (χ2v) is 4.79. The number of ether oxygens (including phenoxy) is 1. The Kier molecular flexibility index (Phi) is 3.30.